The number of anilines is 1. The summed E-state index contributed by atoms with van der Waals surface area (Å²) < 4.78 is 13.6. The first-order valence-corrected chi connectivity index (χ1v) is 17.0. The number of benzene rings is 2. The van der Waals surface area contributed by atoms with Gasteiger partial charge in [-0.05, 0) is 130 Å². The largest absolute Gasteiger partial charge is 0.369 e. The van der Waals surface area contributed by atoms with E-state index < -0.39 is 6.17 Å². The van der Waals surface area contributed by atoms with Gasteiger partial charge >= 0.3 is 0 Å². The molecule has 1 aromatic heterocycles. The second kappa shape index (κ2) is 13.1. The van der Waals surface area contributed by atoms with Crippen LogP contribution in [-0.4, -0.2) is 47.6 Å². The van der Waals surface area contributed by atoms with Gasteiger partial charge < -0.3 is 15.2 Å². The number of halogens is 1. The highest BCUT2D eigenvalue weighted by Gasteiger charge is 2.45. The fourth-order valence-electron chi connectivity index (χ4n) is 7.71. The number of aryl methyl sites for hydroxylation is 2. The summed E-state index contributed by atoms with van der Waals surface area (Å²) in [5.74, 6) is -0.167. The van der Waals surface area contributed by atoms with Gasteiger partial charge in [-0.1, -0.05) is 24.3 Å². The minimum atomic E-state index is -0.668. The van der Waals surface area contributed by atoms with E-state index in [0.29, 0.717) is 35.4 Å². The Morgan fingerprint density at radius 1 is 0.978 bits per heavy atom. The van der Waals surface area contributed by atoms with Gasteiger partial charge in [0.05, 0.1) is 0 Å². The molecular formula is C38H49FN4O2. The quantitative estimate of drug-likeness (QED) is 0.265. The van der Waals surface area contributed by atoms with Crippen LogP contribution in [-0.2, 0) is 13.1 Å². The second-order valence-corrected chi connectivity index (χ2v) is 14.0. The summed E-state index contributed by atoms with van der Waals surface area (Å²) in [7, 11) is 0. The summed E-state index contributed by atoms with van der Waals surface area (Å²) in [6.45, 7) is 11.5. The molecule has 0 atom stereocenters. The van der Waals surface area contributed by atoms with Crippen LogP contribution in [0.3, 0.4) is 0 Å². The van der Waals surface area contributed by atoms with Crippen molar-refractivity contribution >= 4 is 11.6 Å². The minimum absolute atomic E-state index is 0.156. The highest BCUT2D eigenvalue weighted by Crippen LogP contribution is 2.56. The Hall–Kier alpha value is -3.45. The minimum Gasteiger partial charge on any atom is -0.369 e. The first-order valence-electron chi connectivity index (χ1n) is 17.0. The number of amides is 1. The van der Waals surface area contributed by atoms with E-state index in [0.717, 1.165) is 59.8 Å². The number of aromatic amines is 1. The zero-order valence-electron chi connectivity index (χ0n) is 27.5. The molecule has 1 saturated heterocycles. The predicted octanol–water partition coefficient (Wildman–Crippen LogP) is 7.38. The Bertz CT molecular complexity index is 1570. The molecule has 2 saturated carbocycles. The monoisotopic (exact) mass is 612 g/mol. The lowest BCUT2D eigenvalue weighted by Gasteiger charge is -2.39. The van der Waals surface area contributed by atoms with Crippen molar-refractivity contribution in [3.05, 3.63) is 86.3 Å². The van der Waals surface area contributed by atoms with E-state index in [1.165, 1.54) is 44.1 Å². The Morgan fingerprint density at radius 2 is 1.67 bits per heavy atom. The molecule has 240 valence electrons. The van der Waals surface area contributed by atoms with Crippen LogP contribution in [0.2, 0.25) is 0 Å². The Balaban J connectivity index is 1.29. The number of carbonyl (C=O) groups is 1. The van der Waals surface area contributed by atoms with Crippen LogP contribution in [0.1, 0.15) is 96.6 Å². The Kier molecular flexibility index (Phi) is 9.19. The van der Waals surface area contributed by atoms with E-state index in [1.807, 2.05) is 26.0 Å². The van der Waals surface area contributed by atoms with Crippen molar-refractivity contribution in [1.82, 2.24) is 15.2 Å². The molecule has 2 N–H and O–H groups in total. The molecule has 6 rings (SSSR count). The van der Waals surface area contributed by atoms with Crippen molar-refractivity contribution in [2.24, 2.45) is 5.41 Å². The molecule has 3 aromatic rings. The number of aromatic nitrogens is 1. The number of pyridine rings is 1. The standard InChI is InChI=1S/C38H49FN4O2/c1-5-43(32-10-14-38(15-11-32)16-17-38)35-22-30(29-8-6-28(7-9-29)24-42-18-12-31(39)13-19-42)21-33(27(35)4)36(44)40-23-34-25(2)20-26(3)41-37(34)45/h6-9,20-22,31-32H,5,10-19,23-24H2,1-4H3,(H,40,44)(H,41,45). The number of carbonyl (C=O) groups excluding carboxylic acids is 1. The molecule has 0 radical (unpaired) electrons. The third-order valence-electron chi connectivity index (χ3n) is 10.8. The van der Waals surface area contributed by atoms with Gasteiger partial charge in [0.1, 0.15) is 6.17 Å². The zero-order chi connectivity index (χ0) is 31.7. The van der Waals surface area contributed by atoms with Crippen molar-refractivity contribution in [2.75, 3.05) is 24.5 Å². The number of nitrogens with one attached hydrogen (secondary N) is 2. The molecule has 1 spiro atoms. The van der Waals surface area contributed by atoms with Crippen molar-refractivity contribution in [1.29, 1.82) is 0 Å². The number of H-pyrrole nitrogens is 1. The van der Waals surface area contributed by atoms with E-state index >= 15 is 0 Å². The number of piperidine rings is 1. The van der Waals surface area contributed by atoms with Crippen LogP contribution < -0.4 is 15.8 Å². The van der Waals surface area contributed by atoms with Crippen molar-refractivity contribution in [3.63, 3.8) is 0 Å². The lowest BCUT2D eigenvalue weighted by atomic mass is 9.82. The van der Waals surface area contributed by atoms with E-state index in [9.17, 15) is 14.0 Å². The van der Waals surface area contributed by atoms with Gasteiger partial charge in [0.15, 0.2) is 0 Å². The second-order valence-electron chi connectivity index (χ2n) is 14.0. The normalized spacial score (nSPS) is 18.7. The smallest absolute Gasteiger partial charge is 0.253 e. The average Bonchev–Trinajstić information content (AvgIpc) is 3.78. The summed E-state index contributed by atoms with van der Waals surface area (Å²) in [6.07, 6.45) is 8.33. The summed E-state index contributed by atoms with van der Waals surface area (Å²) >= 11 is 0. The molecule has 1 aliphatic heterocycles. The van der Waals surface area contributed by atoms with Crippen LogP contribution in [0.5, 0.6) is 0 Å². The van der Waals surface area contributed by atoms with Crippen LogP contribution in [0.4, 0.5) is 10.1 Å². The lowest BCUT2D eigenvalue weighted by Crippen LogP contribution is -2.39. The van der Waals surface area contributed by atoms with Gasteiger partial charge in [0.25, 0.3) is 11.5 Å². The topological polar surface area (TPSA) is 68.4 Å². The Labute approximate surface area is 267 Å². The average molecular weight is 613 g/mol. The lowest BCUT2D eigenvalue weighted by molar-refractivity contribution is 0.0950. The van der Waals surface area contributed by atoms with E-state index in [2.05, 4.69) is 64.3 Å². The van der Waals surface area contributed by atoms with Gasteiger partial charge in [0, 0.05) is 61.3 Å². The summed E-state index contributed by atoms with van der Waals surface area (Å²) in [4.78, 5) is 34.2. The van der Waals surface area contributed by atoms with Gasteiger partial charge in [-0.15, -0.1) is 0 Å². The maximum Gasteiger partial charge on any atom is 0.253 e. The molecule has 2 aliphatic carbocycles. The third-order valence-corrected chi connectivity index (χ3v) is 10.8. The molecule has 0 unspecified atom stereocenters. The fraction of sp³-hybridized carbons (Fsp3) is 0.526. The van der Waals surface area contributed by atoms with Gasteiger partial charge in [-0.25, -0.2) is 4.39 Å². The number of rotatable bonds is 9. The highest BCUT2D eigenvalue weighted by atomic mass is 19.1. The van der Waals surface area contributed by atoms with E-state index in [4.69, 9.17) is 0 Å². The molecule has 7 heteroatoms. The summed E-state index contributed by atoms with van der Waals surface area (Å²) in [5.41, 5.74) is 8.78. The molecular weight excluding hydrogens is 563 g/mol. The van der Waals surface area contributed by atoms with Crippen molar-refractivity contribution < 1.29 is 9.18 Å². The third kappa shape index (κ3) is 7.04. The molecule has 2 heterocycles. The zero-order valence-corrected chi connectivity index (χ0v) is 27.5. The van der Waals surface area contributed by atoms with Crippen molar-refractivity contribution in [2.45, 2.75) is 104 Å². The molecule has 0 bridgehead atoms. The van der Waals surface area contributed by atoms with Crippen molar-refractivity contribution in [3.8, 4) is 11.1 Å². The SMILES string of the molecule is CCN(c1cc(-c2ccc(CN3CCC(F)CC3)cc2)cc(C(=O)NCc2c(C)cc(C)[nH]c2=O)c1C)C1CCC2(CC1)CC2. The first-order chi connectivity index (χ1) is 21.6. The predicted molar refractivity (Wildman–Crippen MR) is 181 cm³/mol. The molecule has 6 nitrogen and oxygen atoms in total. The summed E-state index contributed by atoms with van der Waals surface area (Å²) in [6, 6.07) is 15.3. The van der Waals surface area contributed by atoms with E-state index in [-0.39, 0.29) is 18.0 Å². The van der Waals surface area contributed by atoms with Gasteiger partial charge in [-0.3, -0.25) is 14.5 Å². The van der Waals surface area contributed by atoms with Crippen LogP contribution in [0.15, 0.2) is 47.3 Å². The molecule has 2 aromatic carbocycles. The Morgan fingerprint density at radius 3 is 2.29 bits per heavy atom. The first kappa shape index (κ1) is 31.5. The number of hydrogen-bond donors (Lipinski definition) is 2. The van der Waals surface area contributed by atoms with Gasteiger partial charge in [0.2, 0.25) is 0 Å². The number of alkyl halides is 1. The molecule has 3 fully saturated rings. The number of likely N-dealkylation sites (tertiary alicyclic amines) is 1. The number of hydrogen-bond acceptors (Lipinski definition) is 4. The van der Waals surface area contributed by atoms with Crippen LogP contribution >= 0.6 is 0 Å². The molecule has 1 amide bonds. The van der Waals surface area contributed by atoms with Gasteiger partial charge in [-0.2, -0.15) is 0 Å². The van der Waals surface area contributed by atoms with Crippen LogP contribution in [0.25, 0.3) is 11.1 Å². The van der Waals surface area contributed by atoms with Crippen LogP contribution in [0, 0.1) is 26.2 Å². The maximum absolute atomic E-state index is 13.9. The summed E-state index contributed by atoms with van der Waals surface area (Å²) in [5, 5.41) is 3.07. The number of nitrogens with zero attached hydrogens (tertiary/aromatic N) is 2. The molecule has 45 heavy (non-hydrogen) atoms. The highest BCUT2D eigenvalue weighted by molar-refractivity contribution is 5.99. The van der Waals surface area contributed by atoms with E-state index in [1.54, 1.807) is 0 Å². The molecule has 3 aliphatic rings. The fourth-order valence-corrected chi connectivity index (χ4v) is 7.71. The maximum atomic E-state index is 13.9.